The van der Waals surface area contributed by atoms with Crippen LogP contribution in [0.1, 0.15) is 55.1 Å². The van der Waals surface area contributed by atoms with Crippen molar-refractivity contribution in [3.8, 4) is 0 Å². The number of nitrogens with one attached hydrogen (secondary N) is 5. The number of carbonyl (C=O) groups excluding carboxylic acids is 5. The van der Waals surface area contributed by atoms with Crippen molar-refractivity contribution in [2.24, 2.45) is 0 Å². The average Bonchev–Trinajstić information content (AvgIpc) is 3.19. The molecule has 0 bridgehead atoms. The van der Waals surface area contributed by atoms with Crippen molar-refractivity contribution in [2.75, 3.05) is 53.6 Å². The molecule has 3 aliphatic rings. The van der Waals surface area contributed by atoms with Crippen molar-refractivity contribution < 1.29 is 32.4 Å². The summed E-state index contributed by atoms with van der Waals surface area (Å²) >= 11 is 0. The molecule has 0 radical (unpaired) electrons. The second kappa shape index (κ2) is 16.5. The van der Waals surface area contributed by atoms with Gasteiger partial charge < -0.3 is 25.8 Å². The van der Waals surface area contributed by atoms with Crippen LogP contribution < -0.4 is 30.9 Å². The molecule has 2 saturated heterocycles. The topological polar surface area (TPSA) is 215 Å². The van der Waals surface area contributed by atoms with Crippen LogP contribution in [0.5, 0.6) is 0 Å². The van der Waals surface area contributed by atoms with Crippen LogP contribution in [0.2, 0.25) is 0 Å². The van der Waals surface area contributed by atoms with Gasteiger partial charge in [0.2, 0.25) is 39.6 Å². The maximum absolute atomic E-state index is 13.4. The van der Waals surface area contributed by atoms with Crippen LogP contribution in [0, 0.1) is 6.92 Å². The third-order valence-corrected chi connectivity index (χ3v) is 11.9. The van der Waals surface area contributed by atoms with Crippen LogP contribution in [-0.2, 0) is 35.6 Å². The van der Waals surface area contributed by atoms with E-state index in [1.807, 2.05) is 31.2 Å². The fourth-order valence-electron chi connectivity index (χ4n) is 7.22. The van der Waals surface area contributed by atoms with Gasteiger partial charge in [-0.25, -0.2) is 18.1 Å². The molecule has 1 atom stereocenters. The third kappa shape index (κ3) is 9.34. The maximum atomic E-state index is 13.4. The summed E-state index contributed by atoms with van der Waals surface area (Å²) in [7, 11) is -3.72. The van der Waals surface area contributed by atoms with E-state index in [9.17, 15) is 32.4 Å². The van der Waals surface area contributed by atoms with Crippen LogP contribution in [0.4, 0.5) is 34.5 Å². The van der Waals surface area contributed by atoms with E-state index in [1.165, 1.54) is 0 Å². The lowest BCUT2D eigenvalue weighted by molar-refractivity contribution is -0.143. The normalized spacial score (nSPS) is 17.4. The van der Waals surface area contributed by atoms with Crippen LogP contribution in [0.3, 0.4) is 0 Å². The highest BCUT2D eigenvalue weighted by atomic mass is 32.2. The number of anilines is 6. The van der Waals surface area contributed by atoms with E-state index in [4.69, 9.17) is 0 Å². The smallest absolute Gasteiger partial charge is 0.261 e. The number of piperidine rings is 1. The van der Waals surface area contributed by atoms with Gasteiger partial charge in [0, 0.05) is 78.2 Å². The number of hydrogen-bond acceptors (Lipinski definition) is 13. The lowest BCUT2D eigenvalue weighted by Gasteiger charge is -2.36. The molecule has 0 aliphatic carbocycles. The molecule has 4 aromatic rings. The highest BCUT2D eigenvalue weighted by Crippen LogP contribution is 2.30. The first-order valence-corrected chi connectivity index (χ1v) is 20.7. The summed E-state index contributed by atoms with van der Waals surface area (Å²) in [5.74, 6) is -1.48. The molecule has 2 fully saturated rings. The van der Waals surface area contributed by atoms with Crippen LogP contribution in [0.25, 0.3) is 0 Å². The van der Waals surface area contributed by atoms with Gasteiger partial charge in [-0.05, 0) is 94.3 Å². The molecule has 5 amide bonds. The summed E-state index contributed by atoms with van der Waals surface area (Å²) < 4.78 is 28.5. The zero-order chi connectivity index (χ0) is 42.1. The van der Waals surface area contributed by atoms with E-state index in [1.54, 1.807) is 74.3 Å². The highest BCUT2D eigenvalue weighted by molar-refractivity contribution is 7.89. The Morgan fingerprint density at radius 1 is 0.915 bits per heavy atom. The number of aromatic nitrogens is 2. The SMILES string of the molecule is Cc1cnc(Nc2ccc(N3CCN(C(=O)CNc4cccc5c4CC(=O)N(C4CCC(=O)NC4=O)C5=O)CC3)cc2)nc1Nc1cccc(S(=O)(=O)NC(C)(C)C)c1. The van der Waals surface area contributed by atoms with Crippen molar-refractivity contribution in [2.45, 2.75) is 63.4 Å². The summed E-state index contributed by atoms with van der Waals surface area (Å²) in [5, 5.41) is 11.8. The zero-order valence-corrected chi connectivity index (χ0v) is 34.0. The van der Waals surface area contributed by atoms with E-state index in [2.05, 4.69) is 40.9 Å². The van der Waals surface area contributed by atoms with Crippen LogP contribution in [0.15, 0.2) is 77.8 Å². The number of sulfonamides is 1. The molecule has 3 aliphatic heterocycles. The molecule has 5 N–H and O–H groups in total. The number of fused-ring (bicyclic) bond motifs is 1. The lowest BCUT2D eigenvalue weighted by atomic mass is 9.93. The Morgan fingerprint density at radius 3 is 2.36 bits per heavy atom. The molecule has 17 nitrogen and oxygen atoms in total. The van der Waals surface area contributed by atoms with E-state index < -0.39 is 45.2 Å². The monoisotopic (exact) mass is 822 g/mol. The number of hydrogen-bond donors (Lipinski definition) is 5. The lowest BCUT2D eigenvalue weighted by Crippen LogP contribution is -2.58. The third-order valence-electron chi connectivity index (χ3n) is 10.1. The van der Waals surface area contributed by atoms with Crippen molar-refractivity contribution in [3.05, 3.63) is 89.6 Å². The van der Waals surface area contributed by atoms with Gasteiger partial charge in [-0.15, -0.1) is 0 Å². The molecule has 0 saturated carbocycles. The summed E-state index contributed by atoms with van der Waals surface area (Å²) in [4.78, 5) is 77.9. The van der Waals surface area contributed by atoms with Gasteiger partial charge in [-0.2, -0.15) is 4.98 Å². The minimum Gasteiger partial charge on any atom is -0.376 e. The van der Waals surface area contributed by atoms with Crippen molar-refractivity contribution in [1.82, 2.24) is 29.8 Å². The van der Waals surface area contributed by atoms with Gasteiger partial charge in [-0.1, -0.05) is 12.1 Å². The van der Waals surface area contributed by atoms with Gasteiger partial charge >= 0.3 is 0 Å². The average molecular weight is 823 g/mol. The predicted molar refractivity (Wildman–Crippen MR) is 221 cm³/mol. The number of benzene rings is 3. The Hall–Kier alpha value is -6.40. The molecular formula is C41H46N10O7S. The molecule has 1 aromatic heterocycles. The summed E-state index contributed by atoms with van der Waals surface area (Å²) in [6.07, 6.45) is 1.68. The Balaban J connectivity index is 0.913. The number of carbonyl (C=O) groups is 5. The first-order chi connectivity index (χ1) is 28.0. The number of amides is 5. The summed E-state index contributed by atoms with van der Waals surface area (Å²) in [6.45, 7) is 9.41. The molecule has 18 heteroatoms. The Kier molecular flexibility index (Phi) is 11.4. The fourth-order valence-corrected chi connectivity index (χ4v) is 8.68. The quantitative estimate of drug-likeness (QED) is 0.137. The molecule has 7 rings (SSSR count). The van der Waals surface area contributed by atoms with Gasteiger partial charge in [0.15, 0.2) is 0 Å². The van der Waals surface area contributed by atoms with Crippen molar-refractivity contribution in [1.29, 1.82) is 0 Å². The van der Waals surface area contributed by atoms with Gasteiger partial charge in [0.05, 0.1) is 17.9 Å². The van der Waals surface area contributed by atoms with Crippen molar-refractivity contribution in [3.63, 3.8) is 0 Å². The molecule has 308 valence electrons. The molecule has 3 aromatic carbocycles. The van der Waals surface area contributed by atoms with Gasteiger partial charge in [-0.3, -0.25) is 34.2 Å². The number of nitrogens with zero attached hydrogens (tertiary/aromatic N) is 5. The maximum Gasteiger partial charge on any atom is 0.261 e. The second-order valence-electron chi connectivity index (χ2n) is 15.7. The number of piperazine rings is 1. The molecule has 59 heavy (non-hydrogen) atoms. The molecule has 0 spiro atoms. The number of rotatable bonds is 11. The minimum absolute atomic E-state index is 0.0302. The number of imide groups is 2. The Morgan fingerprint density at radius 2 is 1.64 bits per heavy atom. The van der Waals surface area contributed by atoms with Crippen molar-refractivity contribution >= 4 is 74.1 Å². The zero-order valence-electron chi connectivity index (χ0n) is 33.2. The minimum atomic E-state index is -3.72. The fraction of sp³-hybridized carbons (Fsp3) is 0.341. The van der Waals surface area contributed by atoms with E-state index in [-0.39, 0.29) is 42.2 Å². The van der Waals surface area contributed by atoms with Gasteiger partial charge in [0.25, 0.3) is 5.91 Å². The van der Waals surface area contributed by atoms with E-state index in [0.717, 1.165) is 21.8 Å². The number of aryl methyl sites for hydroxylation is 1. The van der Waals surface area contributed by atoms with Crippen LogP contribution >= 0.6 is 0 Å². The van der Waals surface area contributed by atoms with E-state index >= 15 is 0 Å². The summed E-state index contributed by atoms with van der Waals surface area (Å²) in [6, 6.07) is 18.3. The van der Waals surface area contributed by atoms with Gasteiger partial charge in [0.1, 0.15) is 11.9 Å². The first-order valence-electron chi connectivity index (χ1n) is 19.2. The molecular weight excluding hydrogens is 777 g/mol. The Labute approximate surface area is 342 Å². The Bertz CT molecular complexity index is 2430. The van der Waals surface area contributed by atoms with E-state index in [0.29, 0.717) is 54.9 Å². The molecule has 4 heterocycles. The molecule has 1 unspecified atom stereocenters. The summed E-state index contributed by atoms with van der Waals surface area (Å²) in [5.41, 5.74) is 3.70. The largest absolute Gasteiger partial charge is 0.376 e. The predicted octanol–water partition coefficient (Wildman–Crippen LogP) is 3.44. The highest BCUT2D eigenvalue weighted by Gasteiger charge is 2.42. The second-order valence-corrected chi connectivity index (χ2v) is 17.4. The van der Waals surface area contributed by atoms with Crippen LogP contribution in [-0.4, -0.2) is 102 Å². The standard InChI is InChI=1S/C41H46N10O7S/c1-25-23-43-40(47-37(25)44-27-7-5-8-29(21-27)59(57,58)48-41(2,3)4)45-26-11-13-28(14-12-26)49-17-19-50(20-18-49)36(54)24-42-32-10-6-9-30-31(32)22-35(53)51(39(30)56)33-15-16-34(52)46-38(33)55/h5-14,21,23,33,42,48H,15-20,22,24H2,1-4H3,(H,46,52,55)(H2,43,44,45,47). The first kappa shape index (κ1) is 40.8.